The van der Waals surface area contributed by atoms with Crippen LogP contribution in [0.4, 0.5) is 0 Å². The highest BCUT2D eigenvalue weighted by Crippen LogP contribution is 2.21. The van der Waals surface area contributed by atoms with Crippen LogP contribution < -0.4 is 5.32 Å². The van der Waals surface area contributed by atoms with Crippen molar-refractivity contribution in [2.45, 2.75) is 24.0 Å². The van der Waals surface area contributed by atoms with Gasteiger partial charge in [0.15, 0.2) is 9.84 Å². The molecule has 1 aromatic rings. The molecule has 1 N–H and O–H groups in total. The lowest BCUT2D eigenvalue weighted by molar-refractivity contribution is 0.0793. The molecule has 0 aliphatic rings. The lowest BCUT2D eigenvalue weighted by atomic mass is 10.2. The number of carbonyl (C=O) groups excluding carboxylic acids is 1. The standard InChI is InChI=1S/C14H22N2O3S.ClH/c1-11(2)20(18,19)13-8-6-5-7-12(13)14(17)16(4)10-9-15-3;/h5-8,11,15H,9-10H2,1-4H3;1H. The molecular weight excluding hydrogens is 312 g/mol. The minimum absolute atomic E-state index is 0. The first-order valence-electron chi connectivity index (χ1n) is 6.55. The molecule has 5 nitrogen and oxygen atoms in total. The van der Waals surface area contributed by atoms with Gasteiger partial charge in [-0.1, -0.05) is 12.1 Å². The van der Waals surface area contributed by atoms with Crippen LogP contribution in [0.5, 0.6) is 0 Å². The first-order chi connectivity index (χ1) is 9.32. The average molecular weight is 335 g/mol. The molecule has 1 aromatic carbocycles. The second-order valence-electron chi connectivity index (χ2n) is 4.92. The molecule has 21 heavy (non-hydrogen) atoms. The zero-order chi connectivity index (χ0) is 15.3. The van der Waals surface area contributed by atoms with Gasteiger partial charge in [0.1, 0.15) is 0 Å². The summed E-state index contributed by atoms with van der Waals surface area (Å²) in [7, 11) is -0.00352. The Morgan fingerprint density at radius 3 is 2.38 bits per heavy atom. The maximum absolute atomic E-state index is 12.4. The molecule has 0 heterocycles. The Labute approximate surface area is 133 Å². The van der Waals surface area contributed by atoms with Crippen LogP contribution in [-0.2, 0) is 9.84 Å². The number of likely N-dealkylation sites (N-methyl/N-ethyl adjacent to an activating group) is 2. The van der Waals surface area contributed by atoms with Crippen LogP contribution in [0.15, 0.2) is 29.2 Å². The van der Waals surface area contributed by atoms with Crippen molar-refractivity contribution in [3.8, 4) is 0 Å². The van der Waals surface area contributed by atoms with Gasteiger partial charge in [0, 0.05) is 20.1 Å². The number of halogens is 1. The second kappa shape index (κ2) is 8.36. The molecule has 0 radical (unpaired) electrons. The Morgan fingerprint density at radius 1 is 1.29 bits per heavy atom. The van der Waals surface area contributed by atoms with Crippen molar-refractivity contribution in [1.82, 2.24) is 10.2 Å². The van der Waals surface area contributed by atoms with Gasteiger partial charge in [-0.25, -0.2) is 8.42 Å². The zero-order valence-corrected chi connectivity index (χ0v) is 14.4. The summed E-state index contributed by atoms with van der Waals surface area (Å²) in [6.45, 7) is 4.40. The summed E-state index contributed by atoms with van der Waals surface area (Å²) < 4.78 is 24.6. The molecule has 0 aliphatic heterocycles. The van der Waals surface area contributed by atoms with Crippen molar-refractivity contribution < 1.29 is 13.2 Å². The monoisotopic (exact) mass is 334 g/mol. The van der Waals surface area contributed by atoms with Crippen molar-refractivity contribution in [3.05, 3.63) is 29.8 Å². The predicted octanol–water partition coefficient (Wildman–Crippen LogP) is 1.58. The number of sulfone groups is 1. The lowest BCUT2D eigenvalue weighted by Gasteiger charge is -2.19. The third-order valence-electron chi connectivity index (χ3n) is 3.09. The summed E-state index contributed by atoms with van der Waals surface area (Å²) >= 11 is 0. The Morgan fingerprint density at radius 2 is 1.86 bits per heavy atom. The second-order valence-corrected chi connectivity index (χ2v) is 7.39. The molecule has 1 amide bonds. The van der Waals surface area contributed by atoms with Crippen LogP contribution in [0.1, 0.15) is 24.2 Å². The molecule has 0 fully saturated rings. The van der Waals surface area contributed by atoms with Crippen LogP contribution in [0.2, 0.25) is 0 Å². The van der Waals surface area contributed by atoms with Gasteiger partial charge in [-0.2, -0.15) is 0 Å². The number of nitrogens with zero attached hydrogens (tertiary/aromatic N) is 1. The van der Waals surface area contributed by atoms with Gasteiger partial charge >= 0.3 is 0 Å². The zero-order valence-electron chi connectivity index (χ0n) is 12.8. The molecule has 0 saturated carbocycles. The van der Waals surface area contributed by atoms with Gasteiger partial charge in [0.2, 0.25) is 0 Å². The van der Waals surface area contributed by atoms with E-state index in [9.17, 15) is 13.2 Å². The summed E-state index contributed by atoms with van der Waals surface area (Å²) in [4.78, 5) is 14.0. The van der Waals surface area contributed by atoms with E-state index in [1.165, 1.54) is 11.0 Å². The first-order valence-corrected chi connectivity index (χ1v) is 8.10. The van der Waals surface area contributed by atoms with Crippen LogP contribution >= 0.6 is 12.4 Å². The molecule has 120 valence electrons. The third-order valence-corrected chi connectivity index (χ3v) is 5.30. The molecule has 0 aliphatic carbocycles. The summed E-state index contributed by atoms with van der Waals surface area (Å²) in [6, 6.07) is 6.38. The van der Waals surface area contributed by atoms with Crippen molar-refractivity contribution in [2.75, 3.05) is 27.2 Å². The van der Waals surface area contributed by atoms with Gasteiger partial charge in [-0.15, -0.1) is 12.4 Å². The van der Waals surface area contributed by atoms with Crippen molar-refractivity contribution in [2.24, 2.45) is 0 Å². The molecule has 0 spiro atoms. The van der Waals surface area contributed by atoms with Gasteiger partial charge in [0.05, 0.1) is 15.7 Å². The first kappa shape index (κ1) is 19.9. The van der Waals surface area contributed by atoms with Gasteiger partial charge < -0.3 is 10.2 Å². The summed E-state index contributed by atoms with van der Waals surface area (Å²) in [5, 5.41) is 2.40. The van der Waals surface area contributed by atoms with E-state index in [-0.39, 0.29) is 28.8 Å². The maximum atomic E-state index is 12.4. The number of carbonyl (C=O) groups is 1. The van der Waals surface area contributed by atoms with E-state index in [2.05, 4.69) is 5.32 Å². The number of amides is 1. The molecule has 0 unspecified atom stereocenters. The van der Waals surface area contributed by atoms with Gasteiger partial charge in [-0.3, -0.25) is 4.79 Å². The summed E-state index contributed by atoms with van der Waals surface area (Å²) in [5.74, 6) is -0.278. The molecular formula is C14H23ClN2O3S. The Hall–Kier alpha value is -1.11. The Balaban J connectivity index is 0.00000400. The minimum Gasteiger partial charge on any atom is -0.340 e. The van der Waals surface area contributed by atoms with E-state index >= 15 is 0 Å². The number of hydrogen-bond donors (Lipinski definition) is 1. The third kappa shape index (κ3) is 4.69. The molecule has 0 saturated heterocycles. The van der Waals surface area contributed by atoms with Gasteiger partial charge in [-0.05, 0) is 33.0 Å². The fourth-order valence-corrected chi connectivity index (χ4v) is 2.97. The van der Waals surface area contributed by atoms with Crippen molar-refractivity contribution in [3.63, 3.8) is 0 Å². The van der Waals surface area contributed by atoms with Crippen LogP contribution in [0.3, 0.4) is 0 Å². The highest BCUT2D eigenvalue weighted by atomic mass is 35.5. The predicted molar refractivity (Wildman–Crippen MR) is 86.9 cm³/mol. The largest absolute Gasteiger partial charge is 0.340 e. The smallest absolute Gasteiger partial charge is 0.254 e. The Kier molecular flexibility index (Phi) is 7.92. The number of rotatable bonds is 6. The quantitative estimate of drug-likeness (QED) is 0.857. The van der Waals surface area contributed by atoms with E-state index in [1.54, 1.807) is 46.1 Å². The van der Waals surface area contributed by atoms with Crippen LogP contribution in [-0.4, -0.2) is 51.7 Å². The number of nitrogens with one attached hydrogen (secondary N) is 1. The van der Waals surface area contributed by atoms with E-state index in [1.807, 2.05) is 0 Å². The van der Waals surface area contributed by atoms with E-state index in [0.29, 0.717) is 13.1 Å². The molecule has 0 bridgehead atoms. The van der Waals surface area contributed by atoms with E-state index in [0.717, 1.165) is 0 Å². The Bertz CT molecular complexity index is 573. The molecule has 1 rings (SSSR count). The highest BCUT2D eigenvalue weighted by Gasteiger charge is 2.26. The van der Waals surface area contributed by atoms with Crippen molar-refractivity contribution >= 4 is 28.2 Å². The SMILES string of the molecule is CNCCN(C)C(=O)c1ccccc1S(=O)(=O)C(C)C.Cl. The highest BCUT2D eigenvalue weighted by molar-refractivity contribution is 7.92. The summed E-state index contributed by atoms with van der Waals surface area (Å²) in [6.07, 6.45) is 0. The molecule has 7 heteroatoms. The molecule has 0 atom stereocenters. The van der Waals surface area contributed by atoms with Crippen LogP contribution in [0.25, 0.3) is 0 Å². The lowest BCUT2D eigenvalue weighted by Crippen LogP contribution is -2.34. The van der Waals surface area contributed by atoms with Crippen LogP contribution in [0, 0.1) is 0 Å². The fraction of sp³-hybridized carbons (Fsp3) is 0.500. The number of hydrogen-bond acceptors (Lipinski definition) is 4. The average Bonchev–Trinajstić information content (AvgIpc) is 2.43. The maximum Gasteiger partial charge on any atom is 0.254 e. The summed E-state index contributed by atoms with van der Waals surface area (Å²) in [5.41, 5.74) is 0.236. The molecule has 0 aromatic heterocycles. The van der Waals surface area contributed by atoms with Gasteiger partial charge in [0.25, 0.3) is 5.91 Å². The fourth-order valence-electron chi connectivity index (χ4n) is 1.73. The van der Waals surface area contributed by atoms with E-state index in [4.69, 9.17) is 0 Å². The topological polar surface area (TPSA) is 66.5 Å². The van der Waals surface area contributed by atoms with E-state index < -0.39 is 15.1 Å². The minimum atomic E-state index is -3.47. The number of benzene rings is 1. The normalized spacial score (nSPS) is 11.1. The van der Waals surface area contributed by atoms with Crippen molar-refractivity contribution in [1.29, 1.82) is 0 Å².